The fourth-order valence-corrected chi connectivity index (χ4v) is 13.6. The maximum atomic E-state index is 13.2. The number of allylic oxidation sites excluding steroid dienone is 18. The molecule has 0 aromatic carbocycles. The van der Waals surface area contributed by atoms with Crippen LogP contribution in [0.1, 0.15) is 387 Å². The molecule has 0 fully saturated rings. The quantitative estimate of drug-likeness (QED) is 0.0169. The molecule has 636 valence electrons. The third kappa shape index (κ3) is 81.7. The van der Waals surface area contributed by atoms with Crippen LogP contribution >= 0.6 is 15.6 Å². The van der Waals surface area contributed by atoms with Gasteiger partial charge in [0.2, 0.25) is 0 Å². The molecule has 3 N–H and O–H groups in total. The van der Waals surface area contributed by atoms with Gasteiger partial charge < -0.3 is 33.8 Å². The molecule has 0 aliphatic carbocycles. The second-order valence-electron chi connectivity index (χ2n) is 29.5. The summed E-state index contributed by atoms with van der Waals surface area (Å²) in [7, 11) is -9.97. The third-order valence-electron chi connectivity index (χ3n) is 18.7. The number of aliphatic hydroxyl groups excluding tert-OH is 1. The molecule has 0 bridgehead atoms. The molecule has 19 heteroatoms. The van der Waals surface area contributed by atoms with Gasteiger partial charge in [0.05, 0.1) is 26.4 Å². The highest BCUT2D eigenvalue weighted by Crippen LogP contribution is 2.45. The molecule has 5 unspecified atom stereocenters. The minimum atomic E-state index is -4.99. The van der Waals surface area contributed by atoms with Gasteiger partial charge in [0, 0.05) is 25.7 Å². The molecule has 0 heterocycles. The number of carbonyl (C=O) groups excluding carboxylic acids is 4. The minimum Gasteiger partial charge on any atom is -0.462 e. The first-order chi connectivity index (χ1) is 53.7. The van der Waals surface area contributed by atoms with Crippen LogP contribution < -0.4 is 0 Å². The number of aliphatic hydroxyl groups is 1. The fraction of sp³-hybridized carbons (Fsp3) is 0.758. The van der Waals surface area contributed by atoms with Crippen molar-refractivity contribution in [1.29, 1.82) is 0 Å². The zero-order valence-corrected chi connectivity index (χ0v) is 71.7. The summed E-state index contributed by atoms with van der Waals surface area (Å²) in [6.45, 7) is 4.75. The van der Waals surface area contributed by atoms with E-state index in [1.165, 1.54) is 103 Å². The Balaban J connectivity index is 5.39. The van der Waals surface area contributed by atoms with Crippen LogP contribution in [-0.4, -0.2) is 96.7 Å². The maximum absolute atomic E-state index is 13.2. The van der Waals surface area contributed by atoms with E-state index in [0.717, 1.165) is 205 Å². The van der Waals surface area contributed by atoms with E-state index in [9.17, 15) is 43.2 Å². The van der Waals surface area contributed by atoms with E-state index in [-0.39, 0.29) is 25.7 Å². The summed E-state index contributed by atoms with van der Waals surface area (Å²) >= 11 is 0. The highest BCUT2D eigenvalue weighted by atomic mass is 31.2. The Kier molecular flexibility index (Phi) is 79.5. The summed E-state index contributed by atoms with van der Waals surface area (Å²) in [5.41, 5.74) is 0. The number of phosphoric ester groups is 2. The van der Waals surface area contributed by atoms with E-state index in [4.69, 9.17) is 37.0 Å². The standard InChI is InChI=1S/C91H160O17P2/c1-5-9-13-17-21-25-29-33-37-40-42-45-49-52-56-60-64-68-72-76-89(94)102-82-87(108-91(96)78-74-70-66-62-58-54-50-46-43-41-38-34-30-26-22-18-14-10-6-2)84-106-110(99,100)104-80-85(92)79-103-109(97,98)105-83-86(107-90(95)77-73-69-65-61-57-53-47-36-32-28-24-20-16-12-8-4)81-101-88(93)75-71-67-63-59-55-51-48-44-39-35-31-27-23-19-15-11-7-3/h11,15,21-23,25-27,33-35,37-39,42-43,45-46,85-87,92H,5-10,12-14,16-20,24,28-32,36,40-41,44,47-84H2,1-4H3,(H,97,98)(H,99,100)/b15-11-,25-21-,26-22-,27-23-,37-33-,38-34-,39-35-,45-42-,46-43-. The van der Waals surface area contributed by atoms with Gasteiger partial charge >= 0.3 is 39.5 Å². The normalized spacial score (nSPS) is 14.3. The number of ether oxygens (including phenoxy) is 4. The van der Waals surface area contributed by atoms with Crippen LogP contribution in [0.15, 0.2) is 109 Å². The molecule has 0 aromatic heterocycles. The molecule has 0 saturated heterocycles. The largest absolute Gasteiger partial charge is 0.472 e. The predicted octanol–water partition coefficient (Wildman–Crippen LogP) is 26.5. The van der Waals surface area contributed by atoms with Crippen LogP contribution in [0.25, 0.3) is 0 Å². The van der Waals surface area contributed by atoms with Crippen molar-refractivity contribution in [3.05, 3.63) is 109 Å². The van der Waals surface area contributed by atoms with E-state index in [2.05, 4.69) is 137 Å². The number of phosphoric acid groups is 2. The molecular weight excluding hydrogens is 1430 g/mol. The zero-order chi connectivity index (χ0) is 80.3. The zero-order valence-electron chi connectivity index (χ0n) is 69.9. The molecular formula is C91H160O17P2. The average Bonchev–Trinajstić information content (AvgIpc) is 0.911. The lowest BCUT2D eigenvalue weighted by Crippen LogP contribution is -2.30. The van der Waals surface area contributed by atoms with E-state index in [1.54, 1.807) is 0 Å². The van der Waals surface area contributed by atoms with Crippen LogP contribution in [0.3, 0.4) is 0 Å². The van der Waals surface area contributed by atoms with Gasteiger partial charge in [-0.15, -0.1) is 0 Å². The average molecular weight is 1590 g/mol. The van der Waals surface area contributed by atoms with E-state index >= 15 is 0 Å². The lowest BCUT2D eigenvalue weighted by Gasteiger charge is -2.21. The smallest absolute Gasteiger partial charge is 0.462 e. The van der Waals surface area contributed by atoms with Crippen molar-refractivity contribution in [2.45, 2.75) is 406 Å². The molecule has 110 heavy (non-hydrogen) atoms. The number of hydrogen-bond donors (Lipinski definition) is 3. The van der Waals surface area contributed by atoms with Crippen LogP contribution in [0.5, 0.6) is 0 Å². The van der Waals surface area contributed by atoms with E-state index < -0.39 is 97.5 Å². The lowest BCUT2D eigenvalue weighted by molar-refractivity contribution is -0.161. The second kappa shape index (κ2) is 82.7. The highest BCUT2D eigenvalue weighted by Gasteiger charge is 2.30. The molecule has 0 aliphatic rings. The summed E-state index contributed by atoms with van der Waals surface area (Å²) in [4.78, 5) is 73.4. The first-order valence-corrected chi connectivity index (χ1v) is 47.1. The third-order valence-corrected chi connectivity index (χ3v) is 20.6. The van der Waals surface area contributed by atoms with Crippen molar-refractivity contribution in [2.24, 2.45) is 0 Å². The van der Waals surface area contributed by atoms with Crippen molar-refractivity contribution in [3.8, 4) is 0 Å². The number of rotatable bonds is 83. The Hall–Kier alpha value is -4.28. The van der Waals surface area contributed by atoms with Crippen LogP contribution in [0.4, 0.5) is 0 Å². The molecule has 0 aromatic rings. The van der Waals surface area contributed by atoms with Gasteiger partial charge in [0.15, 0.2) is 12.2 Å². The van der Waals surface area contributed by atoms with Crippen molar-refractivity contribution in [1.82, 2.24) is 0 Å². The fourth-order valence-electron chi connectivity index (χ4n) is 12.0. The number of unbranched alkanes of at least 4 members (excludes halogenated alkanes) is 39. The van der Waals surface area contributed by atoms with Gasteiger partial charge in [-0.25, -0.2) is 9.13 Å². The molecule has 0 spiro atoms. The molecule has 17 nitrogen and oxygen atoms in total. The Labute approximate surface area is 670 Å². The monoisotopic (exact) mass is 1590 g/mol. The van der Waals surface area contributed by atoms with Crippen LogP contribution in [0, 0.1) is 0 Å². The van der Waals surface area contributed by atoms with Crippen LogP contribution in [0.2, 0.25) is 0 Å². The van der Waals surface area contributed by atoms with E-state index in [0.29, 0.717) is 25.7 Å². The van der Waals surface area contributed by atoms with Gasteiger partial charge in [-0.1, -0.05) is 336 Å². The molecule has 0 amide bonds. The van der Waals surface area contributed by atoms with Crippen molar-refractivity contribution < 1.29 is 80.2 Å². The minimum absolute atomic E-state index is 0.0772. The molecule has 0 aliphatic heterocycles. The topological polar surface area (TPSA) is 237 Å². The number of carbonyl (C=O) groups is 4. The van der Waals surface area contributed by atoms with Gasteiger partial charge in [0.1, 0.15) is 19.3 Å². The van der Waals surface area contributed by atoms with Crippen molar-refractivity contribution in [3.63, 3.8) is 0 Å². The van der Waals surface area contributed by atoms with Gasteiger partial charge in [-0.2, -0.15) is 0 Å². The lowest BCUT2D eigenvalue weighted by atomic mass is 10.0. The number of esters is 4. The van der Waals surface area contributed by atoms with Crippen molar-refractivity contribution >= 4 is 39.5 Å². The molecule has 0 rings (SSSR count). The Morgan fingerprint density at radius 2 is 0.473 bits per heavy atom. The Morgan fingerprint density at radius 1 is 0.264 bits per heavy atom. The van der Waals surface area contributed by atoms with Crippen LogP contribution in [-0.2, 0) is 65.4 Å². The summed E-state index contributed by atoms with van der Waals surface area (Å²) in [5.74, 6) is -2.19. The predicted molar refractivity (Wildman–Crippen MR) is 455 cm³/mol. The SMILES string of the molecule is CC/C=C\C/C=C\C/C=C\CCCCCCCCCC(=O)OCC(COP(=O)(O)OCC(O)COP(=O)(O)OCC(COC(=O)CCCCCCCC/C=C\C/C=C\C/C=C\CCCCC)OC(=O)CCCCCCCC/C=C\C/C=C\C/C=C\CCCCC)OC(=O)CCCCCCCCCCCCCCCCC. The maximum Gasteiger partial charge on any atom is 0.472 e. The summed E-state index contributed by atoms with van der Waals surface area (Å²) in [5, 5.41) is 10.7. The van der Waals surface area contributed by atoms with Gasteiger partial charge in [-0.3, -0.25) is 37.3 Å². The Morgan fingerprint density at radius 3 is 0.745 bits per heavy atom. The van der Waals surface area contributed by atoms with Crippen molar-refractivity contribution in [2.75, 3.05) is 39.6 Å². The number of hydrogen-bond acceptors (Lipinski definition) is 15. The second-order valence-corrected chi connectivity index (χ2v) is 32.4. The first-order valence-electron chi connectivity index (χ1n) is 44.1. The Bertz CT molecular complexity index is 2500. The van der Waals surface area contributed by atoms with Gasteiger partial charge in [-0.05, 0) is 135 Å². The summed E-state index contributed by atoms with van der Waals surface area (Å²) in [6.07, 6.45) is 91.7. The molecule has 0 radical (unpaired) electrons. The molecule has 5 atom stereocenters. The summed E-state index contributed by atoms with van der Waals surface area (Å²) < 4.78 is 68.9. The van der Waals surface area contributed by atoms with Gasteiger partial charge in [0.25, 0.3) is 0 Å². The first kappa shape index (κ1) is 106. The summed E-state index contributed by atoms with van der Waals surface area (Å²) in [6, 6.07) is 0. The van der Waals surface area contributed by atoms with E-state index in [1.807, 2.05) is 0 Å². The molecule has 0 saturated carbocycles. The highest BCUT2D eigenvalue weighted by molar-refractivity contribution is 7.47.